The van der Waals surface area contributed by atoms with Crippen molar-refractivity contribution in [2.75, 3.05) is 0 Å². The van der Waals surface area contributed by atoms with Gasteiger partial charge in [0.1, 0.15) is 5.15 Å². The molecule has 0 aliphatic rings. The zero-order chi connectivity index (χ0) is 11.9. The molecule has 82 valence electrons. The van der Waals surface area contributed by atoms with Crippen molar-refractivity contribution in [3.05, 3.63) is 38.8 Å². The molecule has 0 bridgehead atoms. The first kappa shape index (κ1) is 10.8. The lowest BCUT2D eigenvalue weighted by Gasteiger charge is -2.05. The van der Waals surface area contributed by atoms with Crippen LogP contribution in [0.1, 0.15) is 22.8 Å². The first-order valence-electron chi connectivity index (χ1n) is 4.71. The van der Waals surface area contributed by atoms with Gasteiger partial charge in [-0.1, -0.05) is 11.6 Å². The number of aromatic amines is 1. The van der Waals surface area contributed by atoms with Crippen LogP contribution < -0.4 is 5.56 Å². The van der Waals surface area contributed by atoms with Gasteiger partial charge in [-0.05, 0) is 31.5 Å². The maximum atomic E-state index is 11.6. The minimum absolute atomic E-state index is 0.141. The third-order valence-electron chi connectivity index (χ3n) is 2.42. The van der Waals surface area contributed by atoms with Crippen LogP contribution in [0.3, 0.4) is 0 Å². The maximum absolute atomic E-state index is 11.6. The third kappa shape index (κ3) is 1.61. The minimum Gasteiger partial charge on any atom is -0.320 e. The van der Waals surface area contributed by atoms with Gasteiger partial charge in [-0.2, -0.15) is 0 Å². The van der Waals surface area contributed by atoms with Gasteiger partial charge < -0.3 is 4.98 Å². The molecule has 2 aromatic rings. The van der Waals surface area contributed by atoms with Gasteiger partial charge in [-0.3, -0.25) is 9.59 Å². The van der Waals surface area contributed by atoms with E-state index < -0.39 is 0 Å². The molecule has 0 amide bonds. The number of aryl methyl sites for hydroxylation is 1. The average molecular weight is 237 g/mol. The molecule has 0 aliphatic heterocycles. The number of H-pyrrole nitrogens is 1. The molecule has 0 spiro atoms. The normalized spacial score (nSPS) is 10.7. The zero-order valence-corrected chi connectivity index (χ0v) is 9.55. The van der Waals surface area contributed by atoms with E-state index in [4.69, 9.17) is 11.6 Å². The van der Waals surface area contributed by atoms with E-state index in [1.165, 1.54) is 6.92 Å². The number of nitrogens with zero attached hydrogens (tertiary/aromatic N) is 1. The van der Waals surface area contributed by atoms with Crippen LogP contribution >= 0.6 is 11.6 Å². The summed E-state index contributed by atoms with van der Waals surface area (Å²) in [6.45, 7) is 3.05. The Morgan fingerprint density at radius 1 is 1.44 bits per heavy atom. The highest BCUT2D eigenvalue weighted by atomic mass is 35.5. The standard InChI is InChI=1S/C11H9ClN2O2/c1-5-9(6(2)15)11(16)13-7-3-4-8(12)14-10(5)7/h3-4H,1-2H3,(H,13,16). The maximum Gasteiger partial charge on any atom is 0.259 e. The second-order valence-corrected chi connectivity index (χ2v) is 3.93. The van der Waals surface area contributed by atoms with Crippen molar-refractivity contribution in [2.24, 2.45) is 0 Å². The van der Waals surface area contributed by atoms with Crippen LogP contribution in [0.2, 0.25) is 5.15 Å². The fraction of sp³-hybridized carbons (Fsp3) is 0.182. The highest BCUT2D eigenvalue weighted by Gasteiger charge is 2.13. The van der Waals surface area contributed by atoms with Crippen LogP contribution in [0.15, 0.2) is 16.9 Å². The van der Waals surface area contributed by atoms with Gasteiger partial charge in [0.25, 0.3) is 5.56 Å². The fourth-order valence-electron chi connectivity index (χ4n) is 1.72. The van der Waals surface area contributed by atoms with Crippen LogP contribution in [0, 0.1) is 6.92 Å². The molecule has 0 saturated carbocycles. The molecule has 5 heteroatoms. The number of fused-ring (bicyclic) bond motifs is 1. The molecule has 0 radical (unpaired) electrons. The van der Waals surface area contributed by atoms with Crippen molar-refractivity contribution in [3.8, 4) is 0 Å². The van der Waals surface area contributed by atoms with Gasteiger partial charge >= 0.3 is 0 Å². The van der Waals surface area contributed by atoms with Crippen molar-refractivity contribution < 1.29 is 4.79 Å². The summed E-state index contributed by atoms with van der Waals surface area (Å²) in [5, 5.41) is 0.331. The Bertz CT molecular complexity index is 646. The SMILES string of the molecule is CC(=O)c1c(C)c2nc(Cl)ccc2[nH]c1=O. The molecule has 4 nitrogen and oxygen atoms in total. The van der Waals surface area contributed by atoms with Gasteiger partial charge in [0, 0.05) is 0 Å². The number of nitrogens with one attached hydrogen (secondary N) is 1. The number of hydrogen-bond acceptors (Lipinski definition) is 3. The highest BCUT2D eigenvalue weighted by molar-refractivity contribution is 6.29. The first-order chi connectivity index (χ1) is 7.50. The molecule has 0 atom stereocenters. The summed E-state index contributed by atoms with van der Waals surface area (Å²) in [5.41, 5.74) is 1.45. The zero-order valence-electron chi connectivity index (χ0n) is 8.80. The van der Waals surface area contributed by atoms with Crippen molar-refractivity contribution in [2.45, 2.75) is 13.8 Å². The Morgan fingerprint density at radius 3 is 2.75 bits per heavy atom. The molecular weight excluding hydrogens is 228 g/mol. The number of hydrogen-bond donors (Lipinski definition) is 1. The summed E-state index contributed by atoms with van der Waals surface area (Å²) in [7, 11) is 0. The summed E-state index contributed by atoms with van der Waals surface area (Å²) < 4.78 is 0. The van der Waals surface area contributed by atoms with Gasteiger partial charge in [-0.15, -0.1) is 0 Å². The summed E-state index contributed by atoms with van der Waals surface area (Å²) >= 11 is 5.77. The van der Waals surface area contributed by atoms with Crippen molar-refractivity contribution in [1.29, 1.82) is 0 Å². The molecule has 2 heterocycles. The predicted octanol–water partition coefficient (Wildman–Crippen LogP) is 2.09. The number of ketones is 1. The summed E-state index contributed by atoms with van der Waals surface area (Å²) in [5.74, 6) is -0.276. The number of rotatable bonds is 1. The largest absolute Gasteiger partial charge is 0.320 e. The van der Waals surface area contributed by atoms with E-state index in [1.54, 1.807) is 19.1 Å². The summed E-state index contributed by atoms with van der Waals surface area (Å²) in [6, 6.07) is 3.26. The molecule has 16 heavy (non-hydrogen) atoms. The Hall–Kier alpha value is -1.68. The van der Waals surface area contributed by atoms with Crippen LogP contribution in [0.4, 0.5) is 0 Å². The van der Waals surface area contributed by atoms with E-state index in [9.17, 15) is 9.59 Å². The second kappa shape index (κ2) is 3.72. The Morgan fingerprint density at radius 2 is 2.12 bits per heavy atom. The van der Waals surface area contributed by atoms with E-state index in [1.807, 2.05) is 0 Å². The molecule has 0 fully saturated rings. The van der Waals surface area contributed by atoms with Crippen molar-refractivity contribution in [3.63, 3.8) is 0 Å². The minimum atomic E-state index is -0.387. The molecule has 0 saturated heterocycles. The van der Waals surface area contributed by atoms with E-state index >= 15 is 0 Å². The fourth-order valence-corrected chi connectivity index (χ4v) is 1.87. The van der Waals surface area contributed by atoms with Crippen LogP contribution in [0.25, 0.3) is 11.0 Å². The van der Waals surface area contributed by atoms with Crippen LogP contribution in [-0.4, -0.2) is 15.8 Å². The number of aromatic nitrogens is 2. The Labute approximate surface area is 96.3 Å². The lowest BCUT2D eigenvalue weighted by Crippen LogP contribution is -2.18. The molecular formula is C11H9ClN2O2. The molecule has 0 unspecified atom stereocenters. The Kier molecular flexibility index (Phi) is 2.52. The molecule has 0 aliphatic carbocycles. The monoisotopic (exact) mass is 236 g/mol. The lowest BCUT2D eigenvalue weighted by molar-refractivity contribution is 0.101. The van der Waals surface area contributed by atoms with Crippen LogP contribution in [0.5, 0.6) is 0 Å². The number of Topliss-reactive ketones (excluding diaryl/α,β-unsaturated/α-hetero) is 1. The highest BCUT2D eigenvalue weighted by Crippen LogP contribution is 2.17. The number of halogens is 1. The smallest absolute Gasteiger partial charge is 0.259 e. The van der Waals surface area contributed by atoms with Crippen LogP contribution in [-0.2, 0) is 0 Å². The number of carbonyl (C=O) groups excluding carboxylic acids is 1. The summed E-state index contributed by atoms with van der Waals surface area (Å²) in [6.07, 6.45) is 0. The Balaban J connectivity index is 2.96. The van der Waals surface area contributed by atoms with E-state index in [0.29, 0.717) is 21.7 Å². The summed E-state index contributed by atoms with van der Waals surface area (Å²) in [4.78, 5) is 29.7. The molecule has 1 N–H and O–H groups in total. The predicted molar refractivity (Wildman–Crippen MR) is 62.1 cm³/mol. The topological polar surface area (TPSA) is 62.8 Å². The number of carbonyl (C=O) groups is 1. The number of pyridine rings is 2. The van der Waals surface area contributed by atoms with Gasteiger partial charge in [0.15, 0.2) is 5.78 Å². The average Bonchev–Trinajstić information content (AvgIpc) is 2.19. The van der Waals surface area contributed by atoms with Gasteiger partial charge in [0.2, 0.25) is 0 Å². The van der Waals surface area contributed by atoms with E-state index in [2.05, 4.69) is 9.97 Å². The van der Waals surface area contributed by atoms with Gasteiger partial charge in [-0.25, -0.2) is 4.98 Å². The first-order valence-corrected chi connectivity index (χ1v) is 5.08. The van der Waals surface area contributed by atoms with E-state index in [0.717, 1.165) is 0 Å². The van der Waals surface area contributed by atoms with Crippen molar-refractivity contribution >= 4 is 28.4 Å². The quantitative estimate of drug-likeness (QED) is 0.609. The molecule has 2 aromatic heterocycles. The third-order valence-corrected chi connectivity index (χ3v) is 2.63. The lowest BCUT2D eigenvalue weighted by atomic mass is 10.1. The van der Waals surface area contributed by atoms with E-state index in [-0.39, 0.29) is 16.9 Å². The van der Waals surface area contributed by atoms with Crippen molar-refractivity contribution in [1.82, 2.24) is 9.97 Å². The molecule has 0 aromatic carbocycles. The molecule has 2 rings (SSSR count). The second-order valence-electron chi connectivity index (χ2n) is 3.54. The van der Waals surface area contributed by atoms with Gasteiger partial charge in [0.05, 0.1) is 16.6 Å².